The first-order chi connectivity index (χ1) is 14.1. The van der Waals surface area contributed by atoms with Crippen molar-refractivity contribution in [2.24, 2.45) is 40.9 Å². The Morgan fingerprint density at radius 3 is 2.53 bits per heavy atom. The highest BCUT2D eigenvalue weighted by Gasteiger charge is 2.50. The molecular formula is C29H46O. The van der Waals surface area contributed by atoms with Crippen LogP contribution in [0.1, 0.15) is 86.5 Å². The summed E-state index contributed by atoms with van der Waals surface area (Å²) in [6.07, 6.45) is 17.9. The van der Waals surface area contributed by atoms with Gasteiger partial charge in [-0.05, 0) is 97.0 Å². The first kappa shape index (κ1) is 23.6. The third-order valence-corrected chi connectivity index (χ3v) is 8.95. The lowest BCUT2D eigenvalue weighted by Crippen LogP contribution is -2.35. The standard InChI is InChI=1S/C29H46O/c1-19(2)21(4)10-11-22(5)26-14-15-27-24(9-8-16-29(26,27)7)12-13-25-17-20(3)18-28(30)23(25)6/h10-13,19-22,26-28,30H,6,8-9,14-18H2,1-5,7H3/b11-10+,24-12+,25-13+/t20-,21+,22-,26-,27?,28+,29-/m1/s1. The topological polar surface area (TPSA) is 20.2 Å². The molecule has 0 aliphatic heterocycles. The van der Waals surface area contributed by atoms with Crippen molar-refractivity contribution in [1.29, 1.82) is 0 Å². The van der Waals surface area contributed by atoms with Gasteiger partial charge in [0.25, 0.3) is 0 Å². The summed E-state index contributed by atoms with van der Waals surface area (Å²) in [7, 11) is 0. The number of aliphatic hydroxyl groups is 1. The maximum Gasteiger partial charge on any atom is 0.0789 e. The minimum absolute atomic E-state index is 0.355. The summed E-state index contributed by atoms with van der Waals surface area (Å²) in [5.74, 6) is 4.10. The van der Waals surface area contributed by atoms with Crippen LogP contribution in [0.3, 0.4) is 0 Å². The lowest BCUT2D eigenvalue weighted by molar-refractivity contribution is 0.112. The molecule has 1 heteroatoms. The van der Waals surface area contributed by atoms with Crippen LogP contribution in [-0.4, -0.2) is 11.2 Å². The lowest BCUT2D eigenvalue weighted by atomic mass is 9.61. The molecule has 1 nitrogen and oxygen atoms in total. The van der Waals surface area contributed by atoms with E-state index >= 15 is 0 Å². The van der Waals surface area contributed by atoms with Crippen molar-refractivity contribution in [1.82, 2.24) is 0 Å². The molecule has 0 aromatic carbocycles. The minimum atomic E-state index is -0.355. The normalized spacial score (nSPS) is 39.8. The van der Waals surface area contributed by atoms with Crippen LogP contribution in [0.15, 0.2) is 47.6 Å². The highest BCUT2D eigenvalue weighted by Crippen LogP contribution is 2.59. The van der Waals surface area contributed by atoms with Gasteiger partial charge >= 0.3 is 0 Å². The van der Waals surface area contributed by atoms with Gasteiger partial charge in [-0.1, -0.05) is 78.0 Å². The molecule has 3 fully saturated rings. The number of rotatable bonds is 5. The zero-order valence-electron chi connectivity index (χ0n) is 20.5. The molecule has 0 heterocycles. The third-order valence-electron chi connectivity index (χ3n) is 8.95. The summed E-state index contributed by atoms with van der Waals surface area (Å²) in [6.45, 7) is 18.4. The van der Waals surface area contributed by atoms with E-state index < -0.39 is 0 Å². The number of hydrogen-bond acceptors (Lipinski definition) is 1. The molecule has 0 aromatic heterocycles. The van der Waals surface area contributed by atoms with E-state index in [1.165, 1.54) is 37.7 Å². The zero-order valence-corrected chi connectivity index (χ0v) is 20.5. The Hall–Kier alpha value is -1.08. The largest absolute Gasteiger partial charge is 0.388 e. The quantitative estimate of drug-likeness (QED) is 0.457. The highest BCUT2D eigenvalue weighted by atomic mass is 16.3. The van der Waals surface area contributed by atoms with Gasteiger partial charge in [-0.2, -0.15) is 0 Å². The Kier molecular flexibility index (Phi) is 7.54. The van der Waals surface area contributed by atoms with Gasteiger partial charge in [-0.15, -0.1) is 0 Å². The van der Waals surface area contributed by atoms with Crippen LogP contribution in [0.25, 0.3) is 0 Å². The molecule has 168 valence electrons. The molecule has 7 atom stereocenters. The van der Waals surface area contributed by atoms with Crippen LogP contribution in [0, 0.1) is 40.9 Å². The second-order valence-corrected chi connectivity index (χ2v) is 11.5. The first-order valence-electron chi connectivity index (χ1n) is 12.6. The van der Waals surface area contributed by atoms with E-state index in [1.807, 2.05) is 0 Å². The van der Waals surface area contributed by atoms with Gasteiger partial charge in [0, 0.05) is 0 Å². The predicted molar refractivity (Wildman–Crippen MR) is 130 cm³/mol. The van der Waals surface area contributed by atoms with Crippen LogP contribution < -0.4 is 0 Å². The van der Waals surface area contributed by atoms with Crippen molar-refractivity contribution in [2.75, 3.05) is 0 Å². The number of hydrogen-bond donors (Lipinski definition) is 1. The van der Waals surface area contributed by atoms with E-state index in [9.17, 15) is 5.11 Å². The summed E-state index contributed by atoms with van der Waals surface area (Å²) in [5, 5.41) is 10.3. The van der Waals surface area contributed by atoms with Crippen molar-refractivity contribution in [3.8, 4) is 0 Å². The van der Waals surface area contributed by atoms with Gasteiger partial charge in [-0.3, -0.25) is 0 Å². The lowest BCUT2D eigenvalue weighted by Gasteiger charge is -2.44. The van der Waals surface area contributed by atoms with Crippen LogP contribution in [0.5, 0.6) is 0 Å². The van der Waals surface area contributed by atoms with Crippen LogP contribution >= 0.6 is 0 Å². The number of fused-ring (bicyclic) bond motifs is 1. The molecule has 30 heavy (non-hydrogen) atoms. The van der Waals surface area contributed by atoms with E-state index in [2.05, 4.69) is 72.4 Å². The molecule has 0 spiro atoms. The molecule has 0 saturated heterocycles. The van der Waals surface area contributed by atoms with Gasteiger partial charge in [-0.25, -0.2) is 0 Å². The fourth-order valence-corrected chi connectivity index (χ4v) is 6.56. The van der Waals surface area contributed by atoms with Gasteiger partial charge in [0.1, 0.15) is 0 Å². The van der Waals surface area contributed by atoms with Crippen molar-refractivity contribution < 1.29 is 5.11 Å². The van der Waals surface area contributed by atoms with Crippen LogP contribution in [0.4, 0.5) is 0 Å². The second kappa shape index (κ2) is 9.60. The molecule has 0 bridgehead atoms. The monoisotopic (exact) mass is 410 g/mol. The van der Waals surface area contributed by atoms with Crippen molar-refractivity contribution in [3.63, 3.8) is 0 Å². The second-order valence-electron chi connectivity index (χ2n) is 11.5. The fourth-order valence-electron chi connectivity index (χ4n) is 6.56. The van der Waals surface area contributed by atoms with E-state index in [4.69, 9.17) is 0 Å². The highest BCUT2D eigenvalue weighted by molar-refractivity contribution is 5.38. The SMILES string of the molecule is C=C1/C(=C/C=C2\CCC[C@@]3(C)C2CC[C@@H]3[C@H](C)/C=C/[C@H](C)C(C)C)C[C@@H](C)C[C@@H]1O. The molecule has 3 aliphatic rings. The van der Waals surface area contributed by atoms with Crippen molar-refractivity contribution in [2.45, 2.75) is 92.6 Å². The summed E-state index contributed by atoms with van der Waals surface area (Å²) in [5.41, 5.74) is 4.32. The maximum atomic E-state index is 10.3. The molecular weight excluding hydrogens is 364 g/mol. The summed E-state index contributed by atoms with van der Waals surface area (Å²) >= 11 is 0. The number of allylic oxidation sites excluding steroid dienone is 5. The van der Waals surface area contributed by atoms with E-state index in [0.717, 1.165) is 30.3 Å². The maximum absolute atomic E-state index is 10.3. The Bertz CT molecular complexity index is 708. The number of aliphatic hydroxyl groups excluding tert-OH is 1. The Labute approximate surface area is 186 Å². The molecule has 3 saturated carbocycles. The van der Waals surface area contributed by atoms with Gasteiger partial charge in [0.15, 0.2) is 0 Å². The smallest absolute Gasteiger partial charge is 0.0789 e. The average Bonchev–Trinajstić information content (AvgIpc) is 3.04. The summed E-state index contributed by atoms with van der Waals surface area (Å²) in [6, 6.07) is 0. The predicted octanol–water partition coefficient (Wildman–Crippen LogP) is 7.89. The Morgan fingerprint density at radius 2 is 1.83 bits per heavy atom. The van der Waals surface area contributed by atoms with Crippen molar-refractivity contribution >= 4 is 0 Å². The van der Waals surface area contributed by atoms with E-state index in [1.54, 1.807) is 5.57 Å². The summed E-state index contributed by atoms with van der Waals surface area (Å²) in [4.78, 5) is 0. The summed E-state index contributed by atoms with van der Waals surface area (Å²) < 4.78 is 0. The van der Waals surface area contributed by atoms with E-state index in [0.29, 0.717) is 29.1 Å². The minimum Gasteiger partial charge on any atom is -0.388 e. The van der Waals surface area contributed by atoms with Gasteiger partial charge in [0.05, 0.1) is 6.10 Å². The molecule has 0 aromatic rings. The first-order valence-corrected chi connectivity index (χ1v) is 12.6. The van der Waals surface area contributed by atoms with Crippen LogP contribution in [-0.2, 0) is 0 Å². The molecule has 0 radical (unpaired) electrons. The Morgan fingerprint density at radius 1 is 1.10 bits per heavy atom. The van der Waals surface area contributed by atoms with Crippen LogP contribution in [0.2, 0.25) is 0 Å². The molecule has 1 unspecified atom stereocenters. The third kappa shape index (κ3) is 4.87. The average molecular weight is 411 g/mol. The fraction of sp³-hybridized carbons (Fsp3) is 0.724. The zero-order chi connectivity index (χ0) is 22.1. The molecule has 1 N–H and O–H groups in total. The molecule has 3 rings (SSSR count). The van der Waals surface area contributed by atoms with Crippen molar-refractivity contribution in [3.05, 3.63) is 47.6 Å². The Balaban J connectivity index is 1.76. The van der Waals surface area contributed by atoms with E-state index in [-0.39, 0.29) is 6.10 Å². The molecule has 0 amide bonds. The molecule has 3 aliphatic carbocycles. The van der Waals surface area contributed by atoms with Gasteiger partial charge in [0.2, 0.25) is 0 Å². The van der Waals surface area contributed by atoms with Gasteiger partial charge < -0.3 is 5.11 Å².